The van der Waals surface area contributed by atoms with Crippen LogP contribution in [0, 0.1) is 6.92 Å². The maximum atomic E-state index is 5.97. The molecule has 2 N–H and O–H groups in total. The number of benzene rings is 2. The third-order valence-electron chi connectivity index (χ3n) is 2.38. The van der Waals surface area contributed by atoms with Gasteiger partial charge in [0.25, 0.3) is 0 Å². The normalized spacial score (nSPS) is 10.5. The van der Waals surface area contributed by atoms with Crippen LogP contribution in [0.4, 0.5) is 5.69 Å². The number of halogens is 2. The second-order valence-corrected chi connectivity index (χ2v) is 5.66. The molecular weight excluding hydrogens is 273 g/mol. The summed E-state index contributed by atoms with van der Waals surface area (Å²) in [5.74, 6) is 0. The molecule has 0 aliphatic carbocycles. The van der Waals surface area contributed by atoms with Gasteiger partial charge in [0.2, 0.25) is 0 Å². The Hall–Kier alpha value is -0.830. The Morgan fingerprint density at radius 2 is 1.59 bits per heavy atom. The van der Waals surface area contributed by atoms with Gasteiger partial charge in [-0.3, -0.25) is 0 Å². The average molecular weight is 284 g/mol. The van der Waals surface area contributed by atoms with E-state index in [9.17, 15) is 0 Å². The molecule has 0 aliphatic rings. The van der Waals surface area contributed by atoms with Crippen molar-refractivity contribution >= 4 is 40.7 Å². The Morgan fingerprint density at radius 3 is 2.24 bits per heavy atom. The summed E-state index contributed by atoms with van der Waals surface area (Å²) in [6.07, 6.45) is 0. The Bertz CT molecular complexity index is 506. The molecule has 0 atom stereocenters. The van der Waals surface area contributed by atoms with Crippen LogP contribution in [0.2, 0.25) is 10.0 Å². The third-order valence-corrected chi connectivity index (χ3v) is 4.10. The molecule has 0 saturated heterocycles. The summed E-state index contributed by atoms with van der Waals surface area (Å²) in [4.78, 5) is 2.13. The Balaban J connectivity index is 2.25. The molecule has 0 fully saturated rings. The number of hydrogen-bond donors (Lipinski definition) is 1. The van der Waals surface area contributed by atoms with Crippen LogP contribution >= 0.6 is 35.0 Å². The molecule has 17 heavy (non-hydrogen) atoms. The molecule has 0 aromatic heterocycles. The monoisotopic (exact) mass is 283 g/mol. The van der Waals surface area contributed by atoms with Gasteiger partial charge in [-0.05, 0) is 42.8 Å². The second-order valence-electron chi connectivity index (χ2n) is 3.70. The summed E-state index contributed by atoms with van der Waals surface area (Å²) in [7, 11) is 0. The Labute approximate surface area is 115 Å². The van der Waals surface area contributed by atoms with Crippen molar-refractivity contribution in [2.24, 2.45) is 0 Å². The van der Waals surface area contributed by atoms with Crippen molar-refractivity contribution < 1.29 is 0 Å². The highest BCUT2D eigenvalue weighted by molar-refractivity contribution is 7.99. The predicted molar refractivity (Wildman–Crippen MR) is 76.2 cm³/mol. The summed E-state index contributed by atoms with van der Waals surface area (Å²) in [5, 5.41) is 1.14. The van der Waals surface area contributed by atoms with Crippen molar-refractivity contribution in [1.29, 1.82) is 0 Å². The summed E-state index contributed by atoms with van der Waals surface area (Å²) < 4.78 is 0. The number of anilines is 1. The number of hydrogen-bond acceptors (Lipinski definition) is 2. The van der Waals surface area contributed by atoms with E-state index in [4.69, 9.17) is 28.9 Å². The number of nitrogen functional groups attached to an aromatic ring is 1. The van der Waals surface area contributed by atoms with Crippen LogP contribution < -0.4 is 5.73 Å². The van der Waals surface area contributed by atoms with Crippen molar-refractivity contribution in [1.82, 2.24) is 0 Å². The lowest BCUT2D eigenvalue weighted by molar-refractivity contribution is 1.36. The number of nitrogens with two attached hydrogens (primary N) is 1. The third kappa shape index (κ3) is 3.09. The number of rotatable bonds is 2. The smallest absolute Gasteiger partial charge is 0.0603 e. The maximum absolute atomic E-state index is 5.97. The second kappa shape index (κ2) is 5.21. The van der Waals surface area contributed by atoms with E-state index in [-0.39, 0.29) is 0 Å². The van der Waals surface area contributed by atoms with Crippen molar-refractivity contribution in [2.45, 2.75) is 16.7 Å². The molecule has 0 bridgehead atoms. The van der Waals surface area contributed by atoms with Gasteiger partial charge >= 0.3 is 0 Å². The summed E-state index contributed by atoms with van der Waals surface area (Å²) in [6.45, 7) is 1.99. The van der Waals surface area contributed by atoms with Crippen molar-refractivity contribution in [3.63, 3.8) is 0 Å². The van der Waals surface area contributed by atoms with Gasteiger partial charge in [0, 0.05) is 15.5 Å². The lowest BCUT2D eigenvalue weighted by Gasteiger charge is -2.06. The summed E-state index contributed by atoms with van der Waals surface area (Å²) >= 11 is 13.4. The summed E-state index contributed by atoms with van der Waals surface area (Å²) in [5.41, 5.74) is 7.76. The molecule has 0 spiro atoms. The molecule has 0 unspecified atom stereocenters. The van der Waals surface area contributed by atoms with E-state index < -0.39 is 0 Å². The van der Waals surface area contributed by atoms with E-state index in [1.165, 1.54) is 0 Å². The minimum atomic E-state index is 0.566. The van der Waals surface area contributed by atoms with Crippen molar-refractivity contribution in [2.75, 3.05) is 5.73 Å². The van der Waals surface area contributed by atoms with Gasteiger partial charge in [-0.1, -0.05) is 41.0 Å². The fourth-order valence-corrected chi connectivity index (χ4v) is 2.63. The van der Waals surface area contributed by atoms with Gasteiger partial charge in [-0.2, -0.15) is 0 Å². The first-order chi connectivity index (χ1) is 8.06. The zero-order valence-corrected chi connectivity index (χ0v) is 11.5. The molecule has 0 heterocycles. The lowest BCUT2D eigenvalue weighted by Crippen LogP contribution is -1.88. The first kappa shape index (κ1) is 12.6. The van der Waals surface area contributed by atoms with Crippen LogP contribution in [-0.2, 0) is 0 Å². The van der Waals surface area contributed by atoms with E-state index in [1.807, 2.05) is 37.3 Å². The van der Waals surface area contributed by atoms with Crippen LogP contribution in [0.15, 0.2) is 46.2 Å². The first-order valence-corrected chi connectivity index (χ1v) is 6.62. The molecule has 0 radical (unpaired) electrons. The highest BCUT2D eigenvalue weighted by Gasteiger charge is 2.03. The van der Waals surface area contributed by atoms with Gasteiger partial charge in [0.05, 0.1) is 10.0 Å². The van der Waals surface area contributed by atoms with Crippen LogP contribution in [0.3, 0.4) is 0 Å². The highest BCUT2D eigenvalue weighted by atomic mass is 35.5. The fraction of sp³-hybridized carbons (Fsp3) is 0.0769. The zero-order valence-electron chi connectivity index (χ0n) is 9.21. The maximum Gasteiger partial charge on any atom is 0.0603 e. The summed E-state index contributed by atoms with van der Waals surface area (Å²) in [6, 6.07) is 11.6. The molecule has 1 nitrogen and oxygen atoms in total. The minimum absolute atomic E-state index is 0.566. The Morgan fingerprint density at radius 1 is 0.941 bits per heavy atom. The van der Waals surface area contributed by atoms with Gasteiger partial charge < -0.3 is 5.73 Å². The molecular formula is C13H11Cl2NS. The van der Waals surface area contributed by atoms with Crippen LogP contribution in [0.25, 0.3) is 0 Å². The van der Waals surface area contributed by atoms with Gasteiger partial charge in [0.1, 0.15) is 0 Å². The standard InChI is InChI=1S/C13H11Cl2NS/c1-8-2-3-10(7-13(8)16)17-9-4-5-11(14)12(15)6-9/h2-7H,16H2,1H3. The minimum Gasteiger partial charge on any atom is -0.398 e. The number of aryl methyl sites for hydroxylation is 1. The topological polar surface area (TPSA) is 26.0 Å². The van der Waals surface area contributed by atoms with Crippen LogP contribution in [0.1, 0.15) is 5.56 Å². The molecule has 0 amide bonds. The quantitative estimate of drug-likeness (QED) is 0.782. The average Bonchev–Trinajstić information content (AvgIpc) is 2.29. The molecule has 88 valence electrons. The predicted octanol–water partition coefficient (Wildman–Crippen LogP) is 5.04. The van der Waals surface area contributed by atoms with E-state index in [1.54, 1.807) is 17.8 Å². The fourth-order valence-electron chi connectivity index (χ4n) is 1.36. The first-order valence-electron chi connectivity index (χ1n) is 5.05. The van der Waals surface area contributed by atoms with Gasteiger partial charge in [-0.15, -0.1) is 0 Å². The Kier molecular flexibility index (Phi) is 3.87. The molecule has 0 aliphatic heterocycles. The van der Waals surface area contributed by atoms with Gasteiger partial charge in [0.15, 0.2) is 0 Å². The zero-order chi connectivity index (χ0) is 12.4. The van der Waals surface area contributed by atoms with Crippen molar-refractivity contribution in [3.05, 3.63) is 52.0 Å². The van der Waals surface area contributed by atoms with Crippen LogP contribution in [-0.4, -0.2) is 0 Å². The SMILES string of the molecule is Cc1ccc(Sc2ccc(Cl)c(Cl)c2)cc1N. The van der Waals surface area contributed by atoms with E-state index in [0.717, 1.165) is 21.0 Å². The molecule has 4 heteroatoms. The van der Waals surface area contributed by atoms with E-state index in [0.29, 0.717) is 10.0 Å². The van der Waals surface area contributed by atoms with E-state index in [2.05, 4.69) is 0 Å². The van der Waals surface area contributed by atoms with Crippen LogP contribution in [0.5, 0.6) is 0 Å². The lowest BCUT2D eigenvalue weighted by atomic mass is 10.2. The molecule has 0 saturated carbocycles. The molecule has 2 aromatic carbocycles. The van der Waals surface area contributed by atoms with E-state index >= 15 is 0 Å². The van der Waals surface area contributed by atoms with Crippen molar-refractivity contribution in [3.8, 4) is 0 Å². The molecule has 2 rings (SSSR count). The largest absolute Gasteiger partial charge is 0.398 e. The molecule has 2 aromatic rings. The van der Waals surface area contributed by atoms with Gasteiger partial charge in [-0.25, -0.2) is 0 Å². The highest BCUT2D eigenvalue weighted by Crippen LogP contribution is 2.33.